The second kappa shape index (κ2) is 5.49. The highest BCUT2D eigenvalue weighted by Gasteiger charge is 2.20. The fraction of sp³-hybridized carbons (Fsp3) is 0.600. The van der Waals surface area contributed by atoms with Crippen LogP contribution in [0.4, 0.5) is 0 Å². The van der Waals surface area contributed by atoms with Gasteiger partial charge in [0.15, 0.2) is 5.65 Å². The number of hydrogen-bond acceptors (Lipinski definition) is 2. The highest BCUT2D eigenvalue weighted by atomic mass is 35.5. The molecule has 0 saturated heterocycles. The maximum Gasteiger partial charge on any atom is 0.160 e. The Balaban J connectivity index is 2.09. The molecule has 3 rings (SSSR count). The van der Waals surface area contributed by atoms with Gasteiger partial charge in [-0.2, -0.15) is 0 Å². The summed E-state index contributed by atoms with van der Waals surface area (Å²) in [6.45, 7) is 2.05. The van der Waals surface area contributed by atoms with Crippen molar-refractivity contribution in [3.05, 3.63) is 23.7 Å². The number of rotatable bonds is 2. The normalized spacial score (nSPS) is 17.8. The number of aromatic nitrogens is 3. The van der Waals surface area contributed by atoms with Crippen LogP contribution in [-0.4, -0.2) is 14.5 Å². The van der Waals surface area contributed by atoms with E-state index in [-0.39, 0.29) is 0 Å². The topological polar surface area (TPSA) is 30.7 Å². The van der Waals surface area contributed by atoms with Crippen LogP contribution in [0.2, 0.25) is 0 Å². The van der Waals surface area contributed by atoms with Crippen LogP contribution < -0.4 is 0 Å². The highest BCUT2D eigenvalue weighted by molar-refractivity contribution is 6.16. The number of nitrogens with zero attached hydrogens (tertiary/aromatic N) is 3. The van der Waals surface area contributed by atoms with Crippen LogP contribution >= 0.6 is 11.6 Å². The minimum atomic E-state index is 0.464. The first kappa shape index (κ1) is 12.9. The van der Waals surface area contributed by atoms with Crippen molar-refractivity contribution in [2.45, 2.75) is 57.4 Å². The molecule has 1 fully saturated rings. The van der Waals surface area contributed by atoms with Gasteiger partial charge in [-0.1, -0.05) is 25.7 Å². The van der Waals surface area contributed by atoms with E-state index in [1.807, 2.05) is 6.20 Å². The number of halogens is 1. The van der Waals surface area contributed by atoms with Gasteiger partial charge in [0.25, 0.3) is 0 Å². The molecule has 0 aliphatic heterocycles. The Labute approximate surface area is 119 Å². The van der Waals surface area contributed by atoms with Gasteiger partial charge in [0.1, 0.15) is 11.3 Å². The van der Waals surface area contributed by atoms with Crippen molar-refractivity contribution in [2.24, 2.45) is 0 Å². The Kier molecular flexibility index (Phi) is 3.74. The molecule has 0 spiro atoms. The Hall–Kier alpha value is -1.09. The largest absolute Gasteiger partial charge is 0.309 e. The van der Waals surface area contributed by atoms with Gasteiger partial charge in [-0.3, -0.25) is 0 Å². The average Bonchev–Trinajstić information content (AvgIpc) is 2.60. The van der Waals surface area contributed by atoms with Gasteiger partial charge in [0.2, 0.25) is 0 Å². The van der Waals surface area contributed by atoms with Gasteiger partial charge in [-0.15, -0.1) is 11.6 Å². The SMILES string of the molecule is Cc1cnc2c(c1)nc(CCl)n2C1CCCCCC1. The highest BCUT2D eigenvalue weighted by Crippen LogP contribution is 2.31. The predicted octanol–water partition coefficient (Wildman–Crippen LogP) is 4.37. The molecule has 0 aromatic carbocycles. The summed E-state index contributed by atoms with van der Waals surface area (Å²) >= 11 is 6.09. The molecule has 2 aromatic heterocycles. The standard InChI is InChI=1S/C15H20ClN3/c1-11-8-13-15(17-10-11)19(14(9-16)18-13)12-6-4-2-3-5-7-12/h8,10,12H,2-7,9H2,1H3. The van der Waals surface area contributed by atoms with Crippen molar-refractivity contribution < 1.29 is 0 Å². The van der Waals surface area contributed by atoms with E-state index in [4.69, 9.17) is 11.6 Å². The summed E-state index contributed by atoms with van der Waals surface area (Å²) in [7, 11) is 0. The molecular weight excluding hydrogens is 258 g/mol. The number of aryl methyl sites for hydroxylation is 1. The number of fused-ring (bicyclic) bond motifs is 1. The van der Waals surface area contributed by atoms with Crippen molar-refractivity contribution in [3.8, 4) is 0 Å². The van der Waals surface area contributed by atoms with E-state index in [0.717, 1.165) is 22.6 Å². The zero-order valence-electron chi connectivity index (χ0n) is 11.4. The summed E-state index contributed by atoms with van der Waals surface area (Å²) in [5, 5.41) is 0. The maximum absolute atomic E-state index is 6.09. The lowest BCUT2D eigenvalue weighted by Gasteiger charge is -2.18. The molecule has 0 radical (unpaired) electrons. The second-order valence-corrected chi connectivity index (χ2v) is 5.80. The lowest BCUT2D eigenvalue weighted by atomic mass is 10.1. The van der Waals surface area contributed by atoms with Crippen LogP contribution in [-0.2, 0) is 5.88 Å². The van der Waals surface area contributed by atoms with E-state index in [9.17, 15) is 0 Å². The molecule has 2 aromatic rings. The van der Waals surface area contributed by atoms with Gasteiger partial charge in [-0.25, -0.2) is 9.97 Å². The van der Waals surface area contributed by atoms with Crippen LogP contribution in [0.1, 0.15) is 56.0 Å². The van der Waals surface area contributed by atoms with Gasteiger partial charge in [-0.05, 0) is 31.4 Å². The lowest BCUT2D eigenvalue weighted by molar-refractivity contribution is 0.442. The molecule has 0 N–H and O–H groups in total. The molecule has 1 aliphatic rings. The van der Waals surface area contributed by atoms with Gasteiger partial charge in [0.05, 0.1) is 5.88 Å². The van der Waals surface area contributed by atoms with Gasteiger partial charge in [0, 0.05) is 12.2 Å². The van der Waals surface area contributed by atoms with Crippen LogP contribution in [0.5, 0.6) is 0 Å². The van der Waals surface area contributed by atoms with Crippen molar-refractivity contribution in [1.29, 1.82) is 0 Å². The average molecular weight is 278 g/mol. The van der Waals surface area contributed by atoms with Crippen molar-refractivity contribution in [2.75, 3.05) is 0 Å². The van der Waals surface area contributed by atoms with Crippen LogP contribution in [0.3, 0.4) is 0 Å². The lowest BCUT2D eigenvalue weighted by Crippen LogP contribution is -2.11. The molecule has 4 heteroatoms. The third-order valence-electron chi connectivity index (χ3n) is 4.05. The zero-order chi connectivity index (χ0) is 13.2. The monoisotopic (exact) mass is 277 g/mol. The van der Waals surface area contributed by atoms with Crippen molar-refractivity contribution in [3.63, 3.8) is 0 Å². The molecule has 0 atom stereocenters. The first-order valence-corrected chi connectivity index (χ1v) is 7.72. The van der Waals surface area contributed by atoms with E-state index in [1.165, 1.54) is 38.5 Å². The van der Waals surface area contributed by atoms with E-state index in [2.05, 4.69) is 27.5 Å². The maximum atomic E-state index is 6.09. The van der Waals surface area contributed by atoms with Gasteiger partial charge < -0.3 is 4.57 Å². The Morgan fingerprint density at radius 3 is 2.68 bits per heavy atom. The molecule has 102 valence electrons. The van der Waals surface area contributed by atoms with E-state index in [0.29, 0.717) is 11.9 Å². The summed E-state index contributed by atoms with van der Waals surface area (Å²) in [6.07, 6.45) is 9.69. The van der Waals surface area contributed by atoms with E-state index < -0.39 is 0 Å². The molecule has 1 saturated carbocycles. The molecule has 19 heavy (non-hydrogen) atoms. The third-order valence-corrected chi connectivity index (χ3v) is 4.29. The van der Waals surface area contributed by atoms with E-state index in [1.54, 1.807) is 0 Å². The Bertz CT molecular complexity index is 568. The number of imidazole rings is 1. The number of pyridine rings is 1. The first-order chi connectivity index (χ1) is 9.29. The molecule has 0 amide bonds. The number of alkyl halides is 1. The van der Waals surface area contributed by atoms with Crippen molar-refractivity contribution in [1.82, 2.24) is 14.5 Å². The number of hydrogen-bond donors (Lipinski definition) is 0. The summed E-state index contributed by atoms with van der Waals surface area (Å²) < 4.78 is 2.30. The minimum Gasteiger partial charge on any atom is -0.309 e. The van der Waals surface area contributed by atoms with Crippen LogP contribution in [0, 0.1) is 6.92 Å². The van der Waals surface area contributed by atoms with Crippen molar-refractivity contribution >= 4 is 22.8 Å². The Morgan fingerprint density at radius 1 is 1.26 bits per heavy atom. The predicted molar refractivity (Wildman–Crippen MR) is 78.6 cm³/mol. The van der Waals surface area contributed by atoms with Gasteiger partial charge >= 0.3 is 0 Å². The zero-order valence-corrected chi connectivity index (χ0v) is 12.2. The Morgan fingerprint density at radius 2 is 2.00 bits per heavy atom. The first-order valence-electron chi connectivity index (χ1n) is 7.19. The summed E-state index contributed by atoms with van der Waals surface area (Å²) in [4.78, 5) is 9.26. The second-order valence-electron chi connectivity index (χ2n) is 5.53. The fourth-order valence-electron chi connectivity index (χ4n) is 3.12. The fourth-order valence-corrected chi connectivity index (χ4v) is 3.31. The smallest absolute Gasteiger partial charge is 0.160 e. The molecular formula is C15H20ClN3. The van der Waals surface area contributed by atoms with Crippen LogP contribution in [0.15, 0.2) is 12.3 Å². The molecule has 2 heterocycles. The summed E-state index contributed by atoms with van der Waals surface area (Å²) in [5.41, 5.74) is 3.15. The quantitative estimate of drug-likeness (QED) is 0.603. The molecule has 0 unspecified atom stereocenters. The molecule has 1 aliphatic carbocycles. The van der Waals surface area contributed by atoms with E-state index >= 15 is 0 Å². The summed E-state index contributed by atoms with van der Waals surface area (Å²) in [6, 6.07) is 2.63. The third kappa shape index (κ3) is 2.48. The van der Waals surface area contributed by atoms with Crippen LogP contribution in [0.25, 0.3) is 11.2 Å². The molecule has 3 nitrogen and oxygen atoms in total. The minimum absolute atomic E-state index is 0.464. The molecule has 0 bridgehead atoms. The summed E-state index contributed by atoms with van der Waals surface area (Å²) in [5.74, 6) is 1.44.